The van der Waals surface area contributed by atoms with E-state index in [2.05, 4.69) is 40.8 Å². The van der Waals surface area contributed by atoms with Crippen molar-refractivity contribution < 1.29 is 18.7 Å². The van der Waals surface area contributed by atoms with E-state index in [-0.39, 0.29) is 35.7 Å². The van der Waals surface area contributed by atoms with E-state index in [4.69, 9.17) is 4.74 Å². The highest BCUT2D eigenvalue weighted by Crippen LogP contribution is 2.37. The number of esters is 1. The van der Waals surface area contributed by atoms with E-state index in [0.29, 0.717) is 24.6 Å². The van der Waals surface area contributed by atoms with Crippen LogP contribution in [0, 0.1) is 18.7 Å². The minimum absolute atomic E-state index is 0.0893. The van der Waals surface area contributed by atoms with Gasteiger partial charge in [-0.1, -0.05) is 24.3 Å². The maximum absolute atomic E-state index is 13.7. The van der Waals surface area contributed by atoms with Crippen LogP contribution in [0.25, 0.3) is 17.0 Å². The quantitative estimate of drug-likeness (QED) is 0.302. The largest absolute Gasteiger partial charge is 0.468 e. The number of aryl methyl sites for hydroxylation is 1. The summed E-state index contributed by atoms with van der Waals surface area (Å²) < 4.78 is 18.8. The molecule has 0 radical (unpaired) electrons. The summed E-state index contributed by atoms with van der Waals surface area (Å²) in [5.41, 5.74) is 4.07. The maximum atomic E-state index is 13.7. The first-order valence-corrected chi connectivity index (χ1v) is 14.1. The van der Waals surface area contributed by atoms with Gasteiger partial charge in [-0.25, -0.2) is 4.39 Å². The van der Waals surface area contributed by atoms with Gasteiger partial charge in [-0.3, -0.25) is 9.59 Å². The SMILES string of the molecule is COC(=O)C(N[C@H]1CC[C@H](c2c[nH]c3ccccc32)CC1)C1CCN(C(=O)/C=C/c2cc(C)cc(F)c2)CC1. The van der Waals surface area contributed by atoms with E-state index in [1.54, 1.807) is 11.0 Å². The number of aromatic amines is 1. The molecule has 206 valence electrons. The number of nitrogens with zero attached hydrogens (tertiary/aromatic N) is 1. The number of ether oxygens (including phenoxy) is 1. The predicted molar refractivity (Wildman–Crippen MR) is 152 cm³/mol. The molecule has 1 unspecified atom stereocenters. The van der Waals surface area contributed by atoms with E-state index in [9.17, 15) is 14.0 Å². The number of amides is 1. The number of fused-ring (bicyclic) bond motifs is 1. The lowest BCUT2D eigenvalue weighted by Gasteiger charge is -2.38. The number of aromatic nitrogens is 1. The van der Waals surface area contributed by atoms with Gasteiger partial charge in [-0.2, -0.15) is 0 Å². The van der Waals surface area contributed by atoms with E-state index in [0.717, 1.165) is 44.1 Å². The molecule has 2 fully saturated rings. The molecule has 2 N–H and O–H groups in total. The Bertz CT molecular complexity index is 1310. The van der Waals surface area contributed by atoms with Crippen LogP contribution in [0.15, 0.2) is 54.7 Å². The van der Waals surface area contributed by atoms with E-state index in [1.807, 2.05) is 13.0 Å². The summed E-state index contributed by atoms with van der Waals surface area (Å²) >= 11 is 0. The number of benzene rings is 2. The van der Waals surface area contributed by atoms with Gasteiger partial charge < -0.3 is 19.9 Å². The first kappa shape index (κ1) is 27.1. The fourth-order valence-electron chi connectivity index (χ4n) is 6.37. The number of carbonyl (C=O) groups is 2. The van der Waals surface area contributed by atoms with Gasteiger partial charge in [0, 0.05) is 42.3 Å². The van der Waals surface area contributed by atoms with Crippen LogP contribution in [0.1, 0.15) is 61.1 Å². The Balaban J connectivity index is 1.14. The first-order valence-electron chi connectivity index (χ1n) is 14.1. The van der Waals surface area contributed by atoms with Crippen molar-refractivity contribution in [3.63, 3.8) is 0 Å². The molecule has 1 aliphatic carbocycles. The number of rotatable bonds is 7. The van der Waals surface area contributed by atoms with Gasteiger partial charge in [0.2, 0.25) is 5.91 Å². The summed E-state index contributed by atoms with van der Waals surface area (Å²) in [6.07, 6.45) is 11.0. The summed E-state index contributed by atoms with van der Waals surface area (Å²) in [5, 5.41) is 4.95. The van der Waals surface area contributed by atoms with Crippen molar-refractivity contribution >= 4 is 28.9 Å². The highest BCUT2D eigenvalue weighted by molar-refractivity contribution is 5.92. The average molecular weight is 532 g/mol. The van der Waals surface area contributed by atoms with Crippen LogP contribution in [0.3, 0.4) is 0 Å². The lowest BCUT2D eigenvalue weighted by molar-refractivity contribution is -0.145. The summed E-state index contributed by atoms with van der Waals surface area (Å²) in [4.78, 5) is 30.8. The zero-order valence-electron chi connectivity index (χ0n) is 22.8. The number of hydrogen-bond acceptors (Lipinski definition) is 4. The van der Waals surface area contributed by atoms with Crippen molar-refractivity contribution in [1.82, 2.24) is 15.2 Å². The van der Waals surface area contributed by atoms with Crippen molar-refractivity contribution in [3.05, 3.63) is 77.2 Å². The number of nitrogens with one attached hydrogen (secondary N) is 2. The molecule has 2 aromatic carbocycles. The average Bonchev–Trinajstić information content (AvgIpc) is 3.38. The Morgan fingerprint density at radius 1 is 1.08 bits per heavy atom. The summed E-state index contributed by atoms with van der Waals surface area (Å²) in [7, 11) is 1.45. The number of piperidine rings is 1. The lowest BCUT2D eigenvalue weighted by Crippen LogP contribution is -2.52. The highest BCUT2D eigenvalue weighted by atomic mass is 19.1. The molecule has 2 heterocycles. The van der Waals surface area contributed by atoms with Gasteiger partial charge in [0.15, 0.2) is 0 Å². The van der Waals surface area contributed by atoms with Crippen LogP contribution in [-0.4, -0.2) is 54.0 Å². The standard InChI is InChI=1S/C32H38FN3O3/c1-21-17-22(19-25(33)18-21)7-12-30(37)36-15-13-24(14-16-36)31(32(38)39-2)35-26-10-8-23(9-11-26)28-20-34-29-6-4-3-5-27(28)29/h3-7,12,17-20,23-24,26,31,34-35H,8-11,13-16H2,1-2H3/b12-7+/t23-,26-,31?. The van der Waals surface area contributed by atoms with Crippen LogP contribution in [0.4, 0.5) is 4.39 Å². The van der Waals surface area contributed by atoms with Crippen LogP contribution < -0.4 is 5.32 Å². The second-order valence-electron chi connectivity index (χ2n) is 11.1. The first-order chi connectivity index (χ1) is 18.9. The molecule has 1 amide bonds. The number of likely N-dealkylation sites (tertiary alicyclic amines) is 1. The van der Waals surface area contributed by atoms with Crippen molar-refractivity contribution in [2.75, 3.05) is 20.2 Å². The van der Waals surface area contributed by atoms with E-state index < -0.39 is 0 Å². The smallest absolute Gasteiger partial charge is 0.323 e. The van der Waals surface area contributed by atoms with Crippen molar-refractivity contribution in [2.24, 2.45) is 5.92 Å². The van der Waals surface area contributed by atoms with Crippen LogP contribution in [0.2, 0.25) is 0 Å². The van der Waals surface area contributed by atoms with Gasteiger partial charge >= 0.3 is 5.97 Å². The molecule has 1 atom stereocenters. The third-order valence-electron chi connectivity index (χ3n) is 8.46. The number of para-hydroxylation sites is 1. The van der Waals surface area contributed by atoms with Crippen LogP contribution in [-0.2, 0) is 14.3 Å². The maximum Gasteiger partial charge on any atom is 0.323 e. The van der Waals surface area contributed by atoms with E-state index in [1.165, 1.54) is 41.8 Å². The molecular weight excluding hydrogens is 493 g/mol. The number of carbonyl (C=O) groups excluding carboxylic acids is 2. The molecule has 5 rings (SSSR count). The molecule has 1 aliphatic heterocycles. The molecule has 1 aromatic heterocycles. The van der Waals surface area contributed by atoms with Gasteiger partial charge in [0.25, 0.3) is 0 Å². The minimum Gasteiger partial charge on any atom is -0.468 e. The topological polar surface area (TPSA) is 74.4 Å². The third kappa shape index (κ3) is 6.41. The fourth-order valence-corrected chi connectivity index (χ4v) is 6.37. The van der Waals surface area contributed by atoms with Gasteiger partial charge in [-0.15, -0.1) is 0 Å². The molecule has 39 heavy (non-hydrogen) atoms. The second-order valence-corrected chi connectivity index (χ2v) is 11.1. The molecule has 3 aromatic rings. The number of methoxy groups -OCH3 is 1. The molecule has 0 bridgehead atoms. The zero-order chi connectivity index (χ0) is 27.4. The molecule has 7 heteroatoms. The van der Waals surface area contributed by atoms with Gasteiger partial charge in [-0.05, 0) is 98.2 Å². The molecular formula is C32H38FN3O3. The number of halogens is 1. The fraction of sp³-hybridized carbons (Fsp3) is 0.438. The van der Waals surface area contributed by atoms with Crippen molar-refractivity contribution in [1.29, 1.82) is 0 Å². The Kier molecular flexibility index (Phi) is 8.46. The van der Waals surface area contributed by atoms with Crippen LogP contribution in [0.5, 0.6) is 0 Å². The normalized spacial score (nSPS) is 21.4. The predicted octanol–water partition coefficient (Wildman–Crippen LogP) is 5.72. The minimum atomic E-state index is -0.368. The van der Waals surface area contributed by atoms with Gasteiger partial charge in [0.05, 0.1) is 7.11 Å². The molecule has 6 nitrogen and oxygen atoms in total. The van der Waals surface area contributed by atoms with Crippen LogP contribution >= 0.6 is 0 Å². The zero-order valence-corrected chi connectivity index (χ0v) is 22.8. The highest BCUT2D eigenvalue weighted by Gasteiger charge is 2.35. The molecule has 2 aliphatic rings. The van der Waals surface area contributed by atoms with Crippen molar-refractivity contribution in [2.45, 2.75) is 63.5 Å². The monoisotopic (exact) mass is 531 g/mol. The Labute approximate surface area is 229 Å². The molecule has 1 saturated heterocycles. The Morgan fingerprint density at radius 3 is 2.54 bits per heavy atom. The third-order valence-corrected chi connectivity index (χ3v) is 8.46. The second kappa shape index (κ2) is 12.2. The number of H-pyrrole nitrogens is 1. The molecule has 1 saturated carbocycles. The Hall–Kier alpha value is -3.45. The number of hydrogen-bond donors (Lipinski definition) is 2. The Morgan fingerprint density at radius 2 is 1.82 bits per heavy atom. The summed E-state index contributed by atoms with van der Waals surface area (Å²) in [6.45, 7) is 2.99. The van der Waals surface area contributed by atoms with Gasteiger partial charge in [0.1, 0.15) is 11.9 Å². The molecule has 0 spiro atoms. The van der Waals surface area contributed by atoms with E-state index >= 15 is 0 Å². The lowest BCUT2D eigenvalue weighted by atomic mass is 9.80. The summed E-state index contributed by atoms with van der Waals surface area (Å²) in [5.74, 6) is 0.0150. The summed E-state index contributed by atoms with van der Waals surface area (Å²) in [6, 6.07) is 13.1. The van der Waals surface area contributed by atoms with Crippen molar-refractivity contribution in [3.8, 4) is 0 Å².